The second-order valence-corrected chi connectivity index (χ2v) is 6.92. The first-order valence-corrected chi connectivity index (χ1v) is 8.20. The summed E-state index contributed by atoms with van der Waals surface area (Å²) in [6.45, 7) is 2.89. The van der Waals surface area contributed by atoms with Crippen molar-refractivity contribution in [1.29, 1.82) is 0 Å². The largest absolute Gasteiger partial charge is 0.468 e. The minimum absolute atomic E-state index is 0.0818. The third-order valence-corrected chi connectivity index (χ3v) is 5.03. The summed E-state index contributed by atoms with van der Waals surface area (Å²) in [5.41, 5.74) is 1.38. The molecule has 0 fully saturated rings. The number of thioether (sulfide) groups is 1. The first kappa shape index (κ1) is 14.7. The number of rotatable bonds is 5. The summed E-state index contributed by atoms with van der Waals surface area (Å²) in [5.74, 6) is 0.931. The molecule has 21 heavy (non-hydrogen) atoms. The maximum Gasteiger partial charge on any atom is 0.123 e. The van der Waals surface area contributed by atoms with Gasteiger partial charge in [0, 0.05) is 23.3 Å². The molecule has 0 bridgehead atoms. The fraction of sp³-hybridized carbons (Fsp3) is 0.412. The molecule has 3 rings (SSSR count). The van der Waals surface area contributed by atoms with E-state index >= 15 is 0 Å². The van der Waals surface area contributed by atoms with Crippen LogP contribution < -0.4 is 5.32 Å². The Morgan fingerprint density at radius 1 is 1.33 bits per heavy atom. The third-order valence-electron chi connectivity index (χ3n) is 3.81. The van der Waals surface area contributed by atoms with E-state index in [4.69, 9.17) is 9.15 Å². The molecule has 0 radical (unpaired) electrons. The second kappa shape index (κ2) is 6.69. The Morgan fingerprint density at radius 2 is 2.19 bits per heavy atom. The lowest BCUT2D eigenvalue weighted by Crippen LogP contribution is -2.32. The second-order valence-electron chi connectivity index (χ2n) is 5.44. The van der Waals surface area contributed by atoms with Crippen molar-refractivity contribution in [2.24, 2.45) is 0 Å². The summed E-state index contributed by atoms with van der Waals surface area (Å²) in [6.07, 6.45) is 2.83. The Hall–Kier alpha value is -1.23. The third kappa shape index (κ3) is 3.34. The average Bonchev–Trinajstić information content (AvgIpc) is 3.00. The standard InChI is InChI=1S/C17H21NO2S/c1-12-10-14(13-6-3-4-8-17(13)21-12)18-15(11-19-2)16-7-5-9-20-16/h3-9,12,14-15,18H,10-11H2,1-2H3/t12-,14+,15-/m0/s1. The van der Waals surface area contributed by atoms with Crippen LogP contribution in [0.2, 0.25) is 0 Å². The smallest absolute Gasteiger partial charge is 0.123 e. The maximum absolute atomic E-state index is 5.56. The number of ether oxygens (including phenoxy) is 1. The zero-order valence-corrected chi connectivity index (χ0v) is 13.2. The molecule has 1 aliphatic rings. The molecule has 0 amide bonds. The molecule has 2 aromatic rings. The molecular weight excluding hydrogens is 282 g/mol. The SMILES string of the molecule is COC[C@H](N[C@@H]1C[C@H](C)Sc2ccccc21)c1ccco1. The fourth-order valence-corrected chi connectivity index (χ4v) is 4.09. The lowest BCUT2D eigenvalue weighted by Gasteiger charge is -2.32. The van der Waals surface area contributed by atoms with Gasteiger partial charge in [0.1, 0.15) is 5.76 Å². The first-order chi connectivity index (χ1) is 10.3. The highest BCUT2D eigenvalue weighted by atomic mass is 32.2. The van der Waals surface area contributed by atoms with Gasteiger partial charge in [-0.15, -0.1) is 11.8 Å². The van der Waals surface area contributed by atoms with Crippen LogP contribution in [-0.2, 0) is 4.74 Å². The van der Waals surface area contributed by atoms with Crippen LogP contribution in [0.3, 0.4) is 0 Å². The van der Waals surface area contributed by atoms with Crippen molar-refractivity contribution in [3.63, 3.8) is 0 Å². The van der Waals surface area contributed by atoms with Gasteiger partial charge in [-0.25, -0.2) is 0 Å². The van der Waals surface area contributed by atoms with Crippen LogP contribution in [0.1, 0.15) is 36.8 Å². The molecule has 1 aliphatic heterocycles. The van der Waals surface area contributed by atoms with Crippen LogP contribution in [0.4, 0.5) is 0 Å². The van der Waals surface area contributed by atoms with E-state index in [1.165, 1.54) is 10.5 Å². The number of hydrogen-bond donors (Lipinski definition) is 1. The predicted molar refractivity (Wildman–Crippen MR) is 85.6 cm³/mol. The summed E-state index contributed by atoms with van der Waals surface area (Å²) < 4.78 is 10.9. The number of benzene rings is 1. The summed E-state index contributed by atoms with van der Waals surface area (Å²) in [4.78, 5) is 1.38. The summed E-state index contributed by atoms with van der Waals surface area (Å²) >= 11 is 1.96. The lowest BCUT2D eigenvalue weighted by molar-refractivity contribution is 0.149. The van der Waals surface area contributed by atoms with Gasteiger partial charge in [0.2, 0.25) is 0 Å². The van der Waals surface area contributed by atoms with Gasteiger partial charge in [0.15, 0.2) is 0 Å². The molecule has 3 atom stereocenters. The zero-order valence-electron chi connectivity index (χ0n) is 12.4. The number of furan rings is 1. The van der Waals surface area contributed by atoms with Gasteiger partial charge in [-0.2, -0.15) is 0 Å². The monoisotopic (exact) mass is 303 g/mol. The van der Waals surface area contributed by atoms with Gasteiger partial charge >= 0.3 is 0 Å². The molecular formula is C17H21NO2S. The number of fused-ring (bicyclic) bond motifs is 1. The molecule has 1 aromatic carbocycles. The number of nitrogens with one attached hydrogen (secondary N) is 1. The highest BCUT2D eigenvalue weighted by Gasteiger charge is 2.28. The van der Waals surface area contributed by atoms with Crippen molar-refractivity contribution in [2.75, 3.05) is 13.7 Å². The molecule has 3 nitrogen and oxygen atoms in total. The minimum Gasteiger partial charge on any atom is -0.468 e. The van der Waals surface area contributed by atoms with E-state index in [-0.39, 0.29) is 6.04 Å². The topological polar surface area (TPSA) is 34.4 Å². The first-order valence-electron chi connectivity index (χ1n) is 7.32. The molecule has 0 aliphatic carbocycles. The molecule has 4 heteroatoms. The Balaban J connectivity index is 1.83. The van der Waals surface area contributed by atoms with Crippen LogP contribution in [0.25, 0.3) is 0 Å². The summed E-state index contributed by atoms with van der Waals surface area (Å²) in [6, 6.07) is 13.0. The van der Waals surface area contributed by atoms with Crippen molar-refractivity contribution in [3.05, 3.63) is 54.0 Å². The molecule has 0 spiro atoms. The molecule has 112 valence electrons. The summed E-state index contributed by atoms with van der Waals surface area (Å²) in [7, 11) is 1.73. The van der Waals surface area contributed by atoms with E-state index in [0.29, 0.717) is 17.9 Å². The highest BCUT2D eigenvalue weighted by molar-refractivity contribution is 8.00. The highest BCUT2D eigenvalue weighted by Crippen LogP contribution is 2.41. The van der Waals surface area contributed by atoms with E-state index < -0.39 is 0 Å². The van der Waals surface area contributed by atoms with Gasteiger partial charge in [-0.1, -0.05) is 25.1 Å². The lowest BCUT2D eigenvalue weighted by atomic mass is 10.00. The van der Waals surface area contributed by atoms with E-state index in [2.05, 4.69) is 36.5 Å². The molecule has 2 heterocycles. The van der Waals surface area contributed by atoms with Crippen LogP contribution >= 0.6 is 11.8 Å². The molecule has 0 unspecified atom stereocenters. The van der Waals surface area contributed by atoms with Crippen molar-refractivity contribution >= 4 is 11.8 Å². The zero-order chi connectivity index (χ0) is 14.7. The van der Waals surface area contributed by atoms with Gasteiger partial charge in [0.05, 0.1) is 18.9 Å². The molecule has 0 saturated heterocycles. The van der Waals surface area contributed by atoms with Gasteiger partial charge in [-0.3, -0.25) is 5.32 Å². The van der Waals surface area contributed by atoms with Crippen molar-refractivity contribution in [3.8, 4) is 0 Å². The Morgan fingerprint density at radius 3 is 2.95 bits per heavy atom. The molecule has 1 aromatic heterocycles. The average molecular weight is 303 g/mol. The number of hydrogen-bond acceptors (Lipinski definition) is 4. The Labute approximate surface area is 130 Å². The Bertz CT molecular complexity index is 570. The van der Waals surface area contributed by atoms with Crippen molar-refractivity contribution in [1.82, 2.24) is 5.32 Å². The van der Waals surface area contributed by atoms with Crippen molar-refractivity contribution < 1.29 is 9.15 Å². The van der Waals surface area contributed by atoms with Crippen LogP contribution in [-0.4, -0.2) is 19.0 Å². The van der Waals surface area contributed by atoms with E-state index in [1.807, 2.05) is 23.9 Å². The normalized spacial score (nSPS) is 22.8. The minimum atomic E-state index is 0.0818. The fourth-order valence-electron chi connectivity index (χ4n) is 2.87. The van der Waals surface area contributed by atoms with E-state index in [1.54, 1.807) is 13.4 Å². The quantitative estimate of drug-likeness (QED) is 0.898. The van der Waals surface area contributed by atoms with Gasteiger partial charge in [0.25, 0.3) is 0 Å². The maximum atomic E-state index is 5.56. The predicted octanol–water partition coefficient (Wildman–Crippen LogP) is 4.18. The van der Waals surface area contributed by atoms with Crippen LogP contribution in [0, 0.1) is 0 Å². The van der Waals surface area contributed by atoms with Crippen LogP contribution in [0.15, 0.2) is 52.0 Å². The van der Waals surface area contributed by atoms with Crippen LogP contribution in [0.5, 0.6) is 0 Å². The molecule has 0 saturated carbocycles. The van der Waals surface area contributed by atoms with Gasteiger partial charge < -0.3 is 9.15 Å². The summed E-state index contributed by atoms with van der Waals surface area (Å²) in [5, 5.41) is 4.32. The number of methoxy groups -OCH3 is 1. The Kier molecular flexibility index (Phi) is 4.68. The van der Waals surface area contributed by atoms with E-state index in [0.717, 1.165) is 12.2 Å². The van der Waals surface area contributed by atoms with E-state index in [9.17, 15) is 0 Å². The van der Waals surface area contributed by atoms with Crippen molar-refractivity contribution in [2.45, 2.75) is 35.6 Å². The molecule has 1 N–H and O–H groups in total. The van der Waals surface area contributed by atoms with Gasteiger partial charge in [-0.05, 0) is 30.2 Å².